The lowest BCUT2D eigenvalue weighted by atomic mass is 9.95. The number of aliphatic hydroxyl groups is 1. The Balaban J connectivity index is 2.29. The van der Waals surface area contributed by atoms with Gasteiger partial charge in [-0.2, -0.15) is 0 Å². The van der Waals surface area contributed by atoms with Crippen LogP contribution in [0.4, 0.5) is 0 Å². The van der Waals surface area contributed by atoms with E-state index in [0.29, 0.717) is 12.1 Å². The summed E-state index contributed by atoms with van der Waals surface area (Å²) in [5.41, 5.74) is 7.63. The van der Waals surface area contributed by atoms with E-state index < -0.39 is 0 Å². The molecule has 0 unspecified atom stereocenters. The van der Waals surface area contributed by atoms with Crippen molar-refractivity contribution in [3.63, 3.8) is 0 Å². The van der Waals surface area contributed by atoms with Crippen molar-refractivity contribution in [3.8, 4) is 0 Å². The fourth-order valence-electron chi connectivity index (χ4n) is 2.84. The largest absolute Gasteiger partial charge is 0.395 e. The monoisotopic (exact) mass is 331 g/mol. The van der Waals surface area contributed by atoms with Gasteiger partial charge in [-0.25, -0.2) is 0 Å². The van der Waals surface area contributed by atoms with E-state index in [1.54, 1.807) is 18.2 Å². The number of amides is 1. The van der Waals surface area contributed by atoms with Crippen LogP contribution >= 0.6 is 0 Å². The molecular formula is C18H25N3O3. The maximum atomic E-state index is 12.4. The maximum Gasteiger partial charge on any atom is 0.251 e. The number of pyridine rings is 1. The highest BCUT2D eigenvalue weighted by molar-refractivity contribution is 6.00. The molecule has 0 aliphatic heterocycles. The first-order valence-corrected chi connectivity index (χ1v) is 8.41. The first-order chi connectivity index (χ1) is 11.7. The minimum absolute atomic E-state index is 0.0962. The zero-order chi connectivity index (χ0) is 17.4. The lowest BCUT2D eigenvalue weighted by Gasteiger charge is -2.13. The molecule has 2 rings (SSSR count). The van der Waals surface area contributed by atoms with Gasteiger partial charge in [0.05, 0.1) is 6.61 Å². The van der Waals surface area contributed by atoms with Gasteiger partial charge in [0.1, 0.15) is 0 Å². The van der Waals surface area contributed by atoms with Crippen molar-refractivity contribution in [3.05, 3.63) is 45.7 Å². The predicted octanol–water partition coefficient (Wildman–Crippen LogP) is 1.31. The summed E-state index contributed by atoms with van der Waals surface area (Å²) in [6.07, 6.45) is 4.85. The second-order valence-corrected chi connectivity index (χ2v) is 5.81. The third kappa shape index (κ3) is 4.66. The Hall–Kier alpha value is -2.18. The summed E-state index contributed by atoms with van der Waals surface area (Å²) in [7, 11) is 0. The molecule has 0 saturated carbocycles. The number of fused-ring (bicyclic) bond motifs is 1. The van der Waals surface area contributed by atoms with Gasteiger partial charge >= 0.3 is 0 Å². The molecule has 0 radical (unpaired) electrons. The van der Waals surface area contributed by atoms with Crippen molar-refractivity contribution in [1.29, 1.82) is 0 Å². The molecule has 6 heteroatoms. The van der Waals surface area contributed by atoms with Gasteiger partial charge in [0.15, 0.2) is 0 Å². The van der Waals surface area contributed by atoms with E-state index in [1.165, 1.54) is 6.07 Å². The van der Waals surface area contributed by atoms with Crippen LogP contribution in [0.5, 0.6) is 0 Å². The maximum absolute atomic E-state index is 12.4. The number of aryl methyl sites for hydroxylation is 1. The fraction of sp³-hybridized carbons (Fsp3) is 0.444. The molecule has 24 heavy (non-hydrogen) atoms. The second kappa shape index (κ2) is 9.20. The van der Waals surface area contributed by atoms with Crippen molar-refractivity contribution in [2.75, 3.05) is 19.7 Å². The van der Waals surface area contributed by atoms with Crippen molar-refractivity contribution >= 4 is 16.8 Å². The van der Waals surface area contributed by atoms with Crippen molar-refractivity contribution in [2.45, 2.75) is 32.1 Å². The minimum Gasteiger partial charge on any atom is -0.395 e. The van der Waals surface area contributed by atoms with E-state index in [2.05, 4.69) is 10.3 Å². The molecule has 130 valence electrons. The van der Waals surface area contributed by atoms with Gasteiger partial charge in [-0.1, -0.05) is 12.8 Å². The molecule has 0 aliphatic carbocycles. The summed E-state index contributed by atoms with van der Waals surface area (Å²) in [5.74, 6) is -0.200. The zero-order valence-corrected chi connectivity index (χ0v) is 13.8. The number of nitrogens with one attached hydrogen (secondary N) is 2. The Morgan fingerprint density at radius 3 is 2.67 bits per heavy atom. The Labute approximate surface area is 141 Å². The first-order valence-electron chi connectivity index (χ1n) is 8.41. The van der Waals surface area contributed by atoms with E-state index in [-0.39, 0.29) is 24.6 Å². The van der Waals surface area contributed by atoms with Gasteiger partial charge in [-0.05, 0) is 49.6 Å². The van der Waals surface area contributed by atoms with Crippen molar-refractivity contribution < 1.29 is 9.90 Å². The molecule has 0 saturated heterocycles. The number of carbonyl (C=O) groups excluding carboxylic acids is 1. The number of rotatable bonds is 9. The molecule has 0 atom stereocenters. The normalized spacial score (nSPS) is 10.9. The Morgan fingerprint density at radius 1 is 1.12 bits per heavy atom. The number of aromatic nitrogens is 1. The number of hydrogen-bond donors (Lipinski definition) is 4. The number of aromatic amines is 1. The average Bonchev–Trinajstić information content (AvgIpc) is 2.59. The zero-order valence-electron chi connectivity index (χ0n) is 13.8. The standard InChI is InChI=1S/C18H25N3O3/c19-10-4-2-1-3-5-13-14-7-9-17(23)21-16(14)8-6-15(13)18(24)20-11-12-22/h6-9,22H,1-5,10-12,19H2,(H,20,24)(H,21,23). The molecule has 0 aliphatic rings. The van der Waals surface area contributed by atoms with Crippen LogP contribution in [0.2, 0.25) is 0 Å². The Bertz CT molecular complexity index is 740. The number of aliphatic hydroxyl groups excluding tert-OH is 1. The highest BCUT2D eigenvalue weighted by Crippen LogP contribution is 2.23. The molecule has 1 heterocycles. The topological polar surface area (TPSA) is 108 Å². The van der Waals surface area contributed by atoms with Crippen LogP contribution in [0.15, 0.2) is 29.1 Å². The number of hydrogen-bond acceptors (Lipinski definition) is 4. The molecule has 0 fully saturated rings. The van der Waals surface area contributed by atoms with Gasteiger partial charge in [0.2, 0.25) is 5.56 Å². The summed E-state index contributed by atoms with van der Waals surface area (Å²) < 4.78 is 0. The fourth-order valence-corrected chi connectivity index (χ4v) is 2.84. The molecule has 0 bridgehead atoms. The highest BCUT2D eigenvalue weighted by atomic mass is 16.3. The molecule has 1 aromatic carbocycles. The van der Waals surface area contributed by atoms with Gasteiger partial charge in [-0.3, -0.25) is 9.59 Å². The predicted molar refractivity (Wildman–Crippen MR) is 95.2 cm³/mol. The van der Waals surface area contributed by atoms with E-state index in [1.807, 2.05) is 0 Å². The number of unbranched alkanes of at least 4 members (excludes halogenated alkanes) is 3. The van der Waals surface area contributed by atoms with Crippen LogP contribution < -0.4 is 16.6 Å². The van der Waals surface area contributed by atoms with Crippen LogP contribution in [0.1, 0.15) is 41.6 Å². The van der Waals surface area contributed by atoms with E-state index >= 15 is 0 Å². The molecule has 5 N–H and O–H groups in total. The van der Waals surface area contributed by atoms with Gasteiger partial charge < -0.3 is 21.1 Å². The molecular weight excluding hydrogens is 306 g/mol. The van der Waals surface area contributed by atoms with Crippen molar-refractivity contribution in [1.82, 2.24) is 10.3 Å². The van der Waals surface area contributed by atoms with Crippen LogP contribution in [0.25, 0.3) is 10.9 Å². The summed E-state index contributed by atoms with van der Waals surface area (Å²) in [6.45, 7) is 0.823. The molecule has 6 nitrogen and oxygen atoms in total. The summed E-state index contributed by atoms with van der Waals surface area (Å²) in [5, 5.41) is 12.5. The smallest absolute Gasteiger partial charge is 0.251 e. The highest BCUT2D eigenvalue weighted by Gasteiger charge is 2.14. The van der Waals surface area contributed by atoms with Gasteiger partial charge in [-0.15, -0.1) is 0 Å². The molecule has 1 aromatic heterocycles. The Morgan fingerprint density at radius 2 is 1.92 bits per heavy atom. The lowest BCUT2D eigenvalue weighted by molar-refractivity contribution is 0.0944. The van der Waals surface area contributed by atoms with Crippen LogP contribution in [-0.4, -0.2) is 35.7 Å². The lowest BCUT2D eigenvalue weighted by Crippen LogP contribution is -2.27. The van der Waals surface area contributed by atoms with Crippen LogP contribution in [0.3, 0.4) is 0 Å². The minimum atomic E-state index is -0.200. The average molecular weight is 331 g/mol. The number of carbonyl (C=O) groups is 1. The summed E-state index contributed by atoms with van der Waals surface area (Å²) in [4.78, 5) is 26.7. The molecule has 0 spiro atoms. The summed E-state index contributed by atoms with van der Waals surface area (Å²) >= 11 is 0. The SMILES string of the molecule is NCCCCCCc1c(C(=O)NCCO)ccc2[nH]c(=O)ccc12. The number of benzene rings is 1. The Kier molecular flexibility index (Phi) is 6.96. The summed E-state index contributed by atoms with van der Waals surface area (Å²) in [6, 6.07) is 6.74. The van der Waals surface area contributed by atoms with Gasteiger partial charge in [0, 0.05) is 29.1 Å². The van der Waals surface area contributed by atoms with Gasteiger partial charge in [0.25, 0.3) is 5.91 Å². The first kappa shape index (κ1) is 18.2. The van der Waals surface area contributed by atoms with E-state index in [9.17, 15) is 9.59 Å². The second-order valence-electron chi connectivity index (χ2n) is 5.81. The quantitative estimate of drug-likeness (QED) is 0.520. The third-order valence-electron chi connectivity index (χ3n) is 4.04. The molecule has 1 amide bonds. The number of nitrogens with two attached hydrogens (primary N) is 1. The van der Waals surface area contributed by atoms with Crippen LogP contribution in [0, 0.1) is 0 Å². The van der Waals surface area contributed by atoms with E-state index in [4.69, 9.17) is 10.8 Å². The van der Waals surface area contributed by atoms with Crippen LogP contribution in [-0.2, 0) is 6.42 Å². The van der Waals surface area contributed by atoms with E-state index in [0.717, 1.165) is 48.6 Å². The molecule has 2 aromatic rings. The number of H-pyrrole nitrogens is 1. The van der Waals surface area contributed by atoms with Crippen molar-refractivity contribution in [2.24, 2.45) is 5.73 Å². The third-order valence-corrected chi connectivity index (χ3v) is 4.04.